The van der Waals surface area contributed by atoms with Gasteiger partial charge in [-0.25, -0.2) is 4.39 Å². The molecular weight excluding hydrogens is 317 g/mol. The summed E-state index contributed by atoms with van der Waals surface area (Å²) in [4.78, 5) is 14.0. The summed E-state index contributed by atoms with van der Waals surface area (Å²) >= 11 is 0.981. The molecule has 0 radical (unpaired) electrons. The standard InChI is InChI=1S/C16H18FN3O2S/c1-2-20(9-11-6-7-11)14(21)10-22-16-15(18-23-19-16)12-4-3-5-13(17)8-12/h3-5,8,11H,2,6-7,9-10H2,1H3. The van der Waals surface area contributed by atoms with E-state index in [9.17, 15) is 9.18 Å². The first-order chi connectivity index (χ1) is 11.2. The summed E-state index contributed by atoms with van der Waals surface area (Å²) in [5.41, 5.74) is 1.05. The molecule has 1 aliphatic rings. The molecule has 1 fully saturated rings. The summed E-state index contributed by atoms with van der Waals surface area (Å²) in [6.07, 6.45) is 2.40. The minimum Gasteiger partial charge on any atom is -0.465 e. The molecule has 3 rings (SSSR count). The second-order valence-corrected chi connectivity index (χ2v) is 6.12. The molecule has 5 nitrogen and oxygen atoms in total. The van der Waals surface area contributed by atoms with Crippen LogP contribution in [-0.4, -0.2) is 39.3 Å². The van der Waals surface area contributed by atoms with Crippen molar-refractivity contribution in [3.05, 3.63) is 30.1 Å². The Balaban J connectivity index is 1.64. The van der Waals surface area contributed by atoms with Gasteiger partial charge in [0.25, 0.3) is 11.8 Å². The maximum atomic E-state index is 13.3. The second-order valence-electron chi connectivity index (χ2n) is 5.59. The molecule has 0 atom stereocenters. The van der Waals surface area contributed by atoms with Crippen LogP contribution in [0.25, 0.3) is 11.3 Å². The van der Waals surface area contributed by atoms with Gasteiger partial charge >= 0.3 is 0 Å². The maximum Gasteiger partial charge on any atom is 0.260 e. The fraction of sp³-hybridized carbons (Fsp3) is 0.438. The molecule has 1 aromatic heterocycles. The third kappa shape index (κ3) is 4.04. The van der Waals surface area contributed by atoms with E-state index in [1.807, 2.05) is 6.92 Å². The number of hydrogen-bond donors (Lipinski definition) is 0. The van der Waals surface area contributed by atoms with Gasteiger partial charge in [0.2, 0.25) is 0 Å². The minimum atomic E-state index is -0.348. The van der Waals surface area contributed by atoms with Gasteiger partial charge in [-0.05, 0) is 37.8 Å². The van der Waals surface area contributed by atoms with Crippen LogP contribution in [0.5, 0.6) is 5.88 Å². The summed E-state index contributed by atoms with van der Waals surface area (Å²) < 4.78 is 27.1. The number of ether oxygens (including phenoxy) is 1. The summed E-state index contributed by atoms with van der Waals surface area (Å²) in [5.74, 6) is 0.510. The van der Waals surface area contributed by atoms with Crippen molar-refractivity contribution < 1.29 is 13.9 Å². The predicted octanol–water partition coefficient (Wildman–Crippen LogP) is 2.98. The first-order valence-electron chi connectivity index (χ1n) is 7.66. The Kier molecular flexibility index (Phi) is 4.85. The molecule has 7 heteroatoms. The predicted molar refractivity (Wildman–Crippen MR) is 85.8 cm³/mol. The molecule has 1 saturated carbocycles. The SMILES string of the molecule is CCN(CC1CC1)C(=O)COc1nsnc1-c1cccc(F)c1. The van der Waals surface area contributed by atoms with Crippen LogP contribution in [0.15, 0.2) is 24.3 Å². The minimum absolute atomic E-state index is 0.0578. The second kappa shape index (κ2) is 7.04. The van der Waals surface area contributed by atoms with Crippen LogP contribution in [0.4, 0.5) is 4.39 Å². The Hall–Kier alpha value is -2.02. The first kappa shape index (κ1) is 15.9. The van der Waals surface area contributed by atoms with Crippen LogP contribution >= 0.6 is 11.7 Å². The molecule has 122 valence electrons. The Labute approximate surface area is 138 Å². The van der Waals surface area contributed by atoms with Crippen molar-refractivity contribution in [2.45, 2.75) is 19.8 Å². The Bertz CT molecular complexity index is 687. The van der Waals surface area contributed by atoms with E-state index in [1.54, 1.807) is 17.0 Å². The topological polar surface area (TPSA) is 55.3 Å². The van der Waals surface area contributed by atoms with Crippen LogP contribution in [-0.2, 0) is 4.79 Å². The zero-order valence-electron chi connectivity index (χ0n) is 12.9. The normalized spacial score (nSPS) is 13.8. The van der Waals surface area contributed by atoms with E-state index in [0.717, 1.165) is 18.3 Å². The van der Waals surface area contributed by atoms with E-state index in [2.05, 4.69) is 8.75 Å². The van der Waals surface area contributed by atoms with Gasteiger partial charge < -0.3 is 9.64 Å². The molecule has 0 aliphatic heterocycles. The summed E-state index contributed by atoms with van der Waals surface area (Å²) in [6.45, 7) is 3.35. The molecule has 0 saturated heterocycles. The maximum absolute atomic E-state index is 13.3. The number of halogens is 1. The van der Waals surface area contributed by atoms with E-state index in [-0.39, 0.29) is 24.2 Å². The summed E-state index contributed by atoms with van der Waals surface area (Å²) in [6, 6.07) is 6.08. The first-order valence-corrected chi connectivity index (χ1v) is 8.39. The van der Waals surface area contributed by atoms with Crippen molar-refractivity contribution in [2.24, 2.45) is 5.92 Å². The van der Waals surface area contributed by atoms with Crippen LogP contribution in [0.1, 0.15) is 19.8 Å². The average Bonchev–Trinajstić information content (AvgIpc) is 3.25. The van der Waals surface area contributed by atoms with Crippen LogP contribution in [0.2, 0.25) is 0 Å². The highest BCUT2D eigenvalue weighted by atomic mass is 32.1. The zero-order valence-corrected chi connectivity index (χ0v) is 13.7. The zero-order chi connectivity index (χ0) is 16.2. The lowest BCUT2D eigenvalue weighted by atomic mass is 10.1. The van der Waals surface area contributed by atoms with Crippen molar-refractivity contribution in [1.82, 2.24) is 13.6 Å². The van der Waals surface area contributed by atoms with Gasteiger partial charge in [0.1, 0.15) is 11.5 Å². The third-order valence-corrected chi connectivity index (χ3v) is 4.31. The van der Waals surface area contributed by atoms with E-state index in [4.69, 9.17) is 4.74 Å². The number of hydrogen-bond acceptors (Lipinski definition) is 5. The average molecular weight is 335 g/mol. The number of nitrogens with zero attached hydrogens (tertiary/aromatic N) is 3. The van der Waals surface area contributed by atoms with Crippen molar-refractivity contribution in [3.63, 3.8) is 0 Å². The van der Waals surface area contributed by atoms with Crippen molar-refractivity contribution in [1.29, 1.82) is 0 Å². The molecular formula is C16H18FN3O2S. The number of amides is 1. The number of carbonyl (C=O) groups excluding carboxylic acids is 1. The molecule has 0 bridgehead atoms. The van der Waals surface area contributed by atoms with Crippen molar-refractivity contribution in [2.75, 3.05) is 19.7 Å². The molecule has 1 aromatic carbocycles. The molecule has 1 aliphatic carbocycles. The lowest BCUT2D eigenvalue weighted by molar-refractivity contribution is -0.133. The Morgan fingerprint density at radius 2 is 2.26 bits per heavy atom. The van der Waals surface area contributed by atoms with Gasteiger partial charge in [-0.15, -0.1) is 4.37 Å². The number of aromatic nitrogens is 2. The molecule has 1 heterocycles. The summed E-state index contributed by atoms with van der Waals surface area (Å²) in [7, 11) is 0. The Morgan fingerprint density at radius 1 is 1.43 bits per heavy atom. The van der Waals surface area contributed by atoms with Crippen molar-refractivity contribution >= 4 is 17.6 Å². The number of carbonyl (C=O) groups is 1. The van der Waals surface area contributed by atoms with Gasteiger partial charge in [-0.3, -0.25) is 4.79 Å². The number of rotatable bonds is 7. The molecule has 23 heavy (non-hydrogen) atoms. The molecule has 1 amide bonds. The van der Waals surface area contributed by atoms with E-state index in [0.29, 0.717) is 23.7 Å². The number of benzene rings is 1. The lowest BCUT2D eigenvalue weighted by Gasteiger charge is -2.20. The van der Waals surface area contributed by atoms with Gasteiger partial charge in [0, 0.05) is 18.7 Å². The summed E-state index contributed by atoms with van der Waals surface area (Å²) in [5, 5.41) is 0. The van der Waals surface area contributed by atoms with Gasteiger partial charge in [-0.2, -0.15) is 4.37 Å². The highest BCUT2D eigenvalue weighted by Crippen LogP contribution is 2.30. The molecule has 0 unspecified atom stereocenters. The van der Waals surface area contributed by atoms with E-state index >= 15 is 0 Å². The fourth-order valence-corrected chi connectivity index (χ4v) is 2.85. The lowest BCUT2D eigenvalue weighted by Crippen LogP contribution is -2.36. The molecule has 0 N–H and O–H groups in total. The van der Waals surface area contributed by atoms with E-state index in [1.165, 1.54) is 25.0 Å². The fourth-order valence-electron chi connectivity index (χ4n) is 2.33. The van der Waals surface area contributed by atoms with Gasteiger partial charge in [0.05, 0.1) is 11.7 Å². The highest BCUT2D eigenvalue weighted by molar-refractivity contribution is 6.99. The quantitative estimate of drug-likeness (QED) is 0.780. The van der Waals surface area contributed by atoms with E-state index < -0.39 is 0 Å². The number of likely N-dealkylation sites (N-methyl/N-ethyl adjacent to an activating group) is 1. The largest absolute Gasteiger partial charge is 0.465 e. The Morgan fingerprint density at radius 3 is 2.96 bits per heavy atom. The molecule has 2 aromatic rings. The van der Waals surface area contributed by atoms with Crippen LogP contribution in [0, 0.1) is 11.7 Å². The van der Waals surface area contributed by atoms with Crippen LogP contribution < -0.4 is 4.74 Å². The monoisotopic (exact) mass is 335 g/mol. The van der Waals surface area contributed by atoms with Gasteiger partial charge in [0.15, 0.2) is 6.61 Å². The third-order valence-electron chi connectivity index (χ3n) is 3.80. The van der Waals surface area contributed by atoms with Crippen molar-refractivity contribution in [3.8, 4) is 17.1 Å². The van der Waals surface area contributed by atoms with Gasteiger partial charge in [-0.1, -0.05) is 12.1 Å². The van der Waals surface area contributed by atoms with Crippen LogP contribution in [0.3, 0.4) is 0 Å². The molecule has 0 spiro atoms. The highest BCUT2D eigenvalue weighted by Gasteiger charge is 2.26. The smallest absolute Gasteiger partial charge is 0.260 e.